The smallest absolute Gasteiger partial charge is 0.146 e. The maximum absolute atomic E-state index is 13.7. The highest BCUT2D eigenvalue weighted by molar-refractivity contribution is 5.87. The fraction of sp³-hybridized carbons (Fsp3) is 0.955. The molecular weight excluding hydrogens is 344 g/mol. The molecule has 4 fully saturated rings. The first kappa shape index (κ1) is 19.8. The molecule has 5 nitrogen and oxygen atoms in total. The molecule has 0 aliphatic heterocycles. The van der Waals surface area contributed by atoms with E-state index in [1.54, 1.807) is 7.11 Å². The van der Waals surface area contributed by atoms with Crippen LogP contribution in [-0.4, -0.2) is 50.7 Å². The first-order chi connectivity index (χ1) is 12.9. The van der Waals surface area contributed by atoms with Crippen molar-refractivity contribution in [1.82, 2.24) is 0 Å². The van der Waals surface area contributed by atoms with E-state index in [-0.39, 0.29) is 42.4 Å². The van der Waals surface area contributed by atoms with E-state index >= 15 is 0 Å². The summed E-state index contributed by atoms with van der Waals surface area (Å²) in [6.07, 6.45) is 7.04. The zero-order valence-electron chi connectivity index (χ0n) is 17.3. The Kier molecular flexibility index (Phi) is 4.98. The number of carbonyl (C=O) groups is 1. The molecule has 4 aliphatic carbocycles. The van der Waals surface area contributed by atoms with Gasteiger partial charge in [-0.05, 0) is 62.2 Å². The Hall–Kier alpha value is -0.490. The van der Waals surface area contributed by atoms with Gasteiger partial charge in [0.25, 0.3) is 0 Å². The molecule has 0 aromatic heterocycles. The van der Waals surface area contributed by atoms with Crippen molar-refractivity contribution in [1.29, 1.82) is 0 Å². The lowest BCUT2D eigenvalue weighted by Gasteiger charge is -2.55. The summed E-state index contributed by atoms with van der Waals surface area (Å²) in [6.45, 7) is 4.51. The van der Waals surface area contributed by atoms with Crippen molar-refractivity contribution >= 4 is 5.78 Å². The van der Waals surface area contributed by atoms with Crippen LogP contribution in [0.5, 0.6) is 0 Å². The second kappa shape index (κ2) is 6.79. The largest absolute Gasteiger partial charge is 0.396 e. The second-order valence-electron chi connectivity index (χ2n) is 9.96. The highest BCUT2D eigenvalue weighted by atomic mass is 16.7. The van der Waals surface area contributed by atoms with Gasteiger partial charge in [-0.1, -0.05) is 13.8 Å². The van der Waals surface area contributed by atoms with Crippen LogP contribution in [0.4, 0.5) is 0 Å². The zero-order chi connectivity index (χ0) is 19.4. The SMILES string of the molecule is COCO[C@@H]1C[C@@](C)(CCO)C(=O)[C@H](C)C23CC[C@H]4C[C@]41C2[C@H](OC)CC3. The van der Waals surface area contributed by atoms with E-state index in [9.17, 15) is 9.90 Å². The highest BCUT2D eigenvalue weighted by Gasteiger charge is 2.76. The normalized spacial score (nSPS) is 51.3. The maximum atomic E-state index is 13.7. The lowest BCUT2D eigenvalue weighted by molar-refractivity contribution is -0.183. The first-order valence-corrected chi connectivity index (χ1v) is 10.7. The molecule has 8 atom stereocenters. The van der Waals surface area contributed by atoms with Crippen LogP contribution in [0.1, 0.15) is 58.8 Å². The summed E-state index contributed by atoms with van der Waals surface area (Å²) in [6, 6.07) is 0. The van der Waals surface area contributed by atoms with Crippen LogP contribution in [0.2, 0.25) is 0 Å². The molecule has 4 saturated carbocycles. The van der Waals surface area contributed by atoms with Crippen molar-refractivity contribution in [3.05, 3.63) is 0 Å². The van der Waals surface area contributed by atoms with Gasteiger partial charge in [0, 0.05) is 37.6 Å². The quantitative estimate of drug-likeness (QED) is 0.717. The van der Waals surface area contributed by atoms with Crippen molar-refractivity contribution in [2.45, 2.75) is 71.0 Å². The van der Waals surface area contributed by atoms with E-state index in [0.29, 0.717) is 30.5 Å². The fourth-order valence-corrected chi connectivity index (χ4v) is 7.70. The van der Waals surface area contributed by atoms with E-state index in [1.807, 2.05) is 7.11 Å². The van der Waals surface area contributed by atoms with Gasteiger partial charge in [0.1, 0.15) is 12.6 Å². The Morgan fingerprint density at radius 1 is 1.19 bits per heavy atom. The summed E-state index contributed by atoms with van der Waals surface area (Å²) in [5.41, 5.74) is -0.399. The van der Waals surface area contributed by atoms with Crippen molar-refractivity contribution in [3.8, 4) is 0 Å². The minimum atomic E-state index is -0.535. The highest BCUT2D eigenvalue weighted by Crippen LogP contribution is 2.78. The van der Waals surface area contributed by atoms with Gasteiger partial charge in [0.15, 0.2) is 0 Å². The van der Waals surface area contributed by atoms with Crippen LogP contribution in [0.15, 0.2) is 0 Å². The Morgan fingerprint density at radius 2 is 1.93 bits per heavy atom. The van der Waals surface area contributed by atoms with Gasteiger partial charge in [-0.15, -0.1) is 0 Å². The number of aliphatic hydroxyl groups is 1. The van der Waals surface area contributed by atoms with E-state index < -0.39 is 5.41 Å². The first-order valence-electron chi connectivity index (χ1n) is 10.7. The Morgan fingerprint density at radius 3 is 2.59 bits per heavy atom. The van der Waals surface area contributed by atoms with E-state index in [0.717, 1.165) is 19.3 Å². The molecule has 0 saturated heterocycles. The van der Waals surface area contributed by atoms with Gasteiger partial charge < -0.3 is 19.3 Å². The maximum Gasteiger partial charge on any atom is 0.146 e. The predicted octanol–water partition coefficient (Wildman–Crippen LogP) is 3.18. The number of rotatable bonds is 6. The zero-order valence-corrected chi connectivity index (χ0v) is 17.3. The molecule has 1 N–H and O–H groups in total. The fourth-order valence-electron chi connectivity index (χ4n) is 7.70. The predicted molar refractivity (Wildman–Crippen MR) is 101 cm³/mol. The van der Waals surface area contributed by atoms with Crippen molar-refractivity contribution in [2.24, 2.45) is 34.0 Å². The summed E-state index contributed by atoms with van der Waals surface area (Å²) in [4.78, 5) is 13.7. The summed E-state index contributed by atoms with van der Waals surface area (Å²) in [7, 11) is 3.49. The molecule has 0 aromatic rings. The molecule has 5 heteroatoms. The van der Waals surface area contributed by atoms with Crippen LogP contribution < -0.4 is 0 Å². The Labute approximate surface area is 163 Å². The molecule has 2 bridgehead atoms. The number of ether oxygens (including phenoxy) is 3. The number of ketones is 1. The van der Waals surface area contributed by atoms with Gasteiger partial charge >= 0.3 is 0 Å². The molecular formula is C22H36O5. The van der Waals surface area contributed by atoms with Gasteiger partial charge in [0.2, 0.25) is 0 Å². The second-order valence-corrected chi connectivity index (χ2v) is 9.96. The molecule has 154 valence electrons. The minimum Gasteiger partial charge on any atom is -0.396 e. The average Bonchev–Trinajstić information content (AvgIpc) is 3.28. The molecule has 4 rings (SSSR count). The van der Waals surface area contributed by atoms with E-state index in [2.05, 4.69) is 13.8 Å². The lowest BCUT2D eigenvalue weighted by Crippen LogP contribution is -2.57. The third-order valence-electron chi connectivity index (χ3n) is 9.06. The summed E-state index contributed by atoms with van der Waals surface area (Å²) in [5, 5.41) is 9.72. The van der Waals surface area contributed by atoms with Crippen LogP contribution in [0, 0.1) is 34.0 Å². The van der Waals surface area contributed by atoms with E-state index in [4.69, 9.17) is 14.2 Å². The van der Waals surface area contributed by atoms with Gasteiger partial charge in [-0.2, -0.15) is 0 Å². The third kappa shape index (κ3) is 2.61. The van der Waals surface area contributed by atoms with Crippen LogP contribution >= 0.6 is 0 Å². The molecule has 0 heterocycles. The minimum absolute atomic E-state index is 0.00382. The van der Waals surface area contributed by atoms with Crippen LogP contribution in [0.25, 0.3) is 0 Å². The number of carbonyl (C=O) groups excluding carboxylic acids is 1. The molecule has 4 aliphatic rings. The van der Waals surface area contributed by atoms with Gasteiger partial charge in [-0.3, -0.25) is 4.79 Å². The Bertz CT molecular complexity index is 593. The topological polar surface area (TPSA) is 65.0 Å². The summed E-state index contributed by atoms with van der Waals surface area (Å²) >= 11 is 0. The molecule has 2 unspecified atom stereocenters. The third-order valence-corrected chi connectivity index (χ3v) is 9.06. The number of hydrogen-bond acceptors (Lipinski definition) is 5. The lowest BCUT2D eigenvalue weighted by atomic mass is 9.50. The van der Waals surface area contributed by atoms with Crippen LogP contribution in [0.3, 0.4) is 0 Å². The van der Waals surface area contributed by atoms with Crippen molar-refractivity contribution in [3.63, 3.8) is 0 Å². The molecule has 27 heavy (non-hydrogen) atoms. The van der Waals surface area contributed by atoms with Crippen molar-refractivity contribution < 1.29 is 24.1 Å². The molecule has 1 spiro atoms. The Balaban J connectivity index is 1.82. The van der Waals surface area contributed by atoms with Crippen molar-refractivity contribution in [2.75, 3.05) is 27.6 Å². The molecule has 0 radical (unpaired) electrons. The summed E-state index contributed by atoms with van der Waals surface area (Å²) in [5.74, 6) is 1.40. The number of Topliss-reactive ketones (excluding diaryl/α,β-unsaturated/α-hetero) is 1. The van der Waals surface area contributed by atoms with Gasteiger partial charge in [-0.25, -0.2) is 0 Å². The van der Waals surface area contributed by atoms with E-state index in [1.165, 1.54) is 12.8 Å². The molecule has 0 aromatic carbocycles. The number of methoxy groups -OCH3 is 2. The van der Waals surface area contributed by atoms with Gasteiger partial charge in [0.05, 0.1) is 12.2 Å². The monoisotopic (exact) mass is 380 g/mol. The number of aliphatic hydroxyl groups excluding tert-OH is 1. The molecule has 0 amide bonds. The number of hydrogen-bond donors (Lipinski definition) is 1. The average molecular weight is 381 g/mol. The van der Waals surface area contributed by atoms with Crippen LogP contribution in [-0.2, 0) is 19.0 Å². The summed E-state index contributed by atoms with van der Waals surface area (Å²) < 4.78 is 17.6. The standard InChI is InChI=1S/C22H36O5/c1-14-19(24)20(2,9-10-23)12-17(27-13-25-3)22-11-15(22)5-7-21(14)8-6-16(26-4)18(21)22/h14-18,23H,5-13H2,1-4H3/t14-,15-,16+,17+,18?,20+,21?,22-/m0/s1.